The molecule has 3 nitrogen and oxygen atoms in total. The first-order valence-electron chi connectivity index (χ1n) is 7.17. The Labute approximate surface area is 142 Å². The van der Waals surface area contributed by atoms with Crippen molar-refractivity contribution >= 4 is 38.9 Å². The Hall–Kier alpha value is -1.40. The number of nitrogens with one attached hydrogen (secondary N) is 2. The van der Waals surface area contributed by atoms with Crippen molar-refractivity contribution in [1.29, 1.82) is 0 Å². The van der Waals surface area contributed by atoms with E-state index in [1.165, 1.54) is 6.07 Å². The van der Waals surface area contributed by atoms with E-state index in [1.807, 2.05) is 12.1 Å². The summed E-state index contributed by atoms with van der Waals surface area (Å²) in [7, 11) is 0. The van der Waals surface area contributed by atoms with Gasteiger partial charge in [0.05, 0.1) is 17.5 Å². The van der Waals surface area contributed by atoms with Crippen molar-refractivity contribution in [2.24, 2.45) is 0 Å². The van der Waals surface area contributed by atoms with Crippen LogP contribution in [0.3, 0.4) is 0 Å². The van der Waals surface area contributed by atoms with E-state index in [0.29, 0.717) is 15.3 Å². The van der Waals surface area contributed by atoms with Crippen LogP contribution in [0.4, 0.5) is 10.1 Å². The minimum Gasteiger partial charge on any atom is -0.467 e. The summed E-state index contributed by atoms with van der Waals surface area (Å²) in [5.41, 5.74) is 0.0627. The second kappa shape index (κ2) is 6.38. The predicted molar refractivity (Wildman–Crippen MR) is 92.3 cm³/mol. The van der Waals surface area contributed by atoms with E-state index in [0.717, 1.165) is 31.4 Å². The Bertz CT molecular complexity index is 669. The van der Waals surface area contributed by atoms with Crippen molar-refractivity contribution in [3.05, 3.63) is 52.6 Å². The van der Waals surface area contributed by atoms with Crippen molar-refractivity contribution in [2.75, 3.05) is 5.32 Å². The van der Waals surface area contributed by atoms with E-state index < -0.39 is 0 Å². The summed E-state index contributed by atoms with van der Waals surface area (Å²) < 4.78 is 20.2. The number of hydrogen-bond donors (Lipinski definition) is 2. The van der Waals surface area contributed by atoms with Crippen LogP contribution in [0, 0.1) is 5.82 Å². The SMILES string of the molecule is Fc1cc(Br)ccc1NC(=S)NC1(c2ccco2)CCCC1. The molecule has 2 N–H and O–H groups in total. The number of thiocarbonyl (C=S) groups is 1. The van der Waals surface area contributed by atoms with Crippen LogP contribution in [0.25, 0.3) is 0 Å². The van der Waals surface area contributed by atoms with Gasteiger partial charge in [-0.15, -0.1) is 0 Å². The predicted octanol–water partition coefficient (Wildman–Crippen LogP) is 4.94. The first kappa shape index (κ1) is 15.5. The molecule has 1 saturated carbocycles. The molecule has 1 fully saturated rings. The maximum atomic E-state index is 13.9. The number of rotatable bonds is 3. The molecular formula is C16H16BrFN2OS. The van der Waals surface area contributed by atoms with Crippen LogP contribution in [0.5, 0.6) is 0 Å². The highest BCUT2D eigenvalue weighted by Crippen LogP contribution is 2.39. The Balaban J connectivity index is 1.75. The summed E-state index contributed by atoms with van der Waals surface area (Å²) in [6.07, 6.45) is 5.80. The lowest BCUT2D eigenvalue weighted by atomic mass is 9.94. The van der Waals surface area contributed by atoms with Gasteiger partial charge in [0.1, 0.15) is 11.6 Å². The summed E-state index contributed by atoms with van der Waals surface area (Å²) in [6, 6.07) is 8.67. The summed E-state index contributed by atoms with van der Waals surface area (Å²) >= 11 is 8.61. The molecule has 0 bridgehead atoms. The minimum absolute atomic E-state index is 0.292. The number of furan rings is 1. The fourth-order valence-electron chi connectivity index (χ4n) is 2.92. The molecule has 0 radical (unpaired) electrons. The maximum absolute atomic E-state index is 13.9. The molecule has 116 valence electrons. The standard InChI is InChI=1S/C16H16BrFN2OS/c17-11-5-6-13(12(18)10-11)19-15(22)20-16(7-1-2-8-16)14-4-3-9-21-14/h3-6,9-10H,1-2,7-8H2,(H2,19,20,22). The Morgan fingerprint density at radius 3 is 2.68 bits per heavy atom. The number of halogens is 2. The maximum Gasteiger partial charge on any atom is 0.171 e. The highest BCUT2D eigenvalue weighted by Gasteiger charge is 2.38. The Kier molecular flexibility index (Phi) is 4.49. The number of anilines is 1. The van der Waals surface area contributed by atoms with Crippen LogP contribution < -0.4 is 10.6 Å². The molecule has 6 heteroatoms. The van der Waals surface area contributed by atoms with Crippen LogP contribution in [-0.2, 0) is 5.54 Å². The average Bonchev–Trinajstić information content (AvgIpc) is 3.13. The van der Waals surface area contributed by atoms with E-state index in [1.54, 1.807) is 18.4 Å². The average molecular weight is 383 g/mol. The lowest BCUT2D eigenvalue weighted by molar-refractivity contribution is 0.317. The topological polar surface area (TPSA) is 37.2 Å². The molecule has 0 amide bonds. The van der Waals surface area contributed by atoms with E-state index in [2.05, 4.69) is 26.6 Å². The third-order valence-corrected chi connectivity index (χ3v) is 4.68. The summed E-state index contributed by atoms with van der Waals surface area (Å²) in [4.78, 5) is 0. The zero-order valence-electron chi connectivity index (χ0n) is 11.9. The number of hydrogen-bond acceptors (Lipinski definition) is 2. The minimum atomic E-state index is -0.350. The van der Waals surface area contributed by atoms with E-state index in [9.17, 15) is 4.39 Å². The monoisotopic (exact) mass is 382 g/mol. The fraction of sp³-hybridized carbons (Fsp3) is 0.312. The van der Waals surface area contributed by atoms with Crippen molar-refractivity contribution in [1.82, 2.24) is 5.32 Å². The third kappa shape index (κ3) is 3.17. The van der Waals surface area contributed by atoms with E-state index in [-0.39, 0.29) is 11.4 Å². The molecule has 0 unspecified atom stereocenters. The summed E-state index contributed by atoms with van der Waals surface area (Å²) in [5, 5.41) is 6.67. The quantitative estimate of drug-likeness (QED) is 0.737. The molecule has 1 aromatic heterocycles. The molecule has 3 rings (SSSR count). The van der Waals surface area contributed by atoms with Crippen LogP contribution >= 0.6 is 28.1 Å². The Morgan fingerprint density at radius 2 is 2.05 bits per heavy atom. The van der Waals surface area contributed by atoms with Gasteiger partial charge >= 0.3 is 0 Å². The third-order valence-electron chi connectivity index (χ3n) is 3.98. The van der Waals surface area contributed by atoms with E-state index >= 15 is 0 Å². The second-order valence-corrected chi connectivity index (χ2v) is 6.79. The molecule has 1 aliphatic carbocycles. The second-order valence-electron chi connectivity index (χ2n) is 5.47. The van der Waals surface area contributed by atoms with Gasteiger partial charge in [0.25, 0.3) is 0 Å². The lowest BCUT2D eigenvalue weighted by Crippen LogP contribution is -2.45. The van der Waals surface area contributed by atoms with Gasteiger partial charge in [-0.05, 0) is 55.4 Å². The highest BCUT2D eigenvalue weighted by atomic mass is 79.9. The zero-order chi connectivity index (χ0) is 15.6. The molecule has 22 heavy (non-hydrogen) atoms. The van der Waals surface area contributed by atoms with Crippen molar-refractivity contribution in [3.8, 4) is 0 Å². The highest BCUT2D eigenvalue weighted by molar-refractivity contribution is 9.10. The van der Waals surface area contributed by atoms with Crippen LogP contribution in [0.2, 0.25) is 0 Å². The van der Waals surface area contributed by atoms with Gasteiger partial charge in [0, 0.05) is 4.47 Å². The molecule has 1 aromatic carbocycles. The molecular weight excluding hydrogens is 367 g/mol. The van der Waals surface area contributed by atoms with Gasteiger partial charge < -0.3 is 15.1 Å². The number of benzene rings is 1. The zero-order valence-corrected chi connectivity index (χ0v) is 14.3. The summed E-state index contributed by atoms with van der Waals surface area (Å²) in [6.45, 7) is 0. The first-order valence-corrected chi connectivity index (χ1v) is 8.37. The molecule has 0 atom stereocenters. The van der Waals surface area contributed by atoms with Gasteiger partial charge in [-0.2, -0.15) is 0 Å². The van der Waals surface area contributed by atoms with Crippen LogP contribution in [0.15, 0.2) is 45.5 Å². The molecule has 2 aromatic rings. The van der Waals surface area contributed by atoms with Gasteiger partial charge in [0.15, 0.2) is 5.11 Å². The largest absolute Gasteiger partial charge is 0.467 e. The van der Waals surface area contributed by atoms with Crippen LogP contribution in [-0.4, -0.2) is 5.11 Å². The normalized spacial score (nSPS) is 16.5. The lowest BCUT2D eigenvalue weighted by Gasteiger charge is -2.29. The van der Waals surface area contributed by atoms with Crippen molar-refractivity contribution in [2.45, 2.75) is 31.2 Å². The molecule has 1 heterocycles. The Morgan fingerprint density at radius 1 is 1.27 bits per heavy atom. The molecule has 0 saturated heterocycles. The van der Waals surface area contributed by atoms with Gasteiger partial charge in [0.2, 0.25) is 0 Å². The van der Waals surface area contributed by atoms with Crippen LogP contribution in [0.1, 0.15) is 31.4 Å². The molecule has 1 aliphatic rings. The molecule has 0 aliphatic heterocycles. The van der Waals surface area contributed by atoms with Crippen molar-refractivity contribution < 1.29 is 8.81 Å². The summed E-state index contributed by atoms with van der Waals surface area (Å²) in [5.74, 6) is 0.530. The molecule has 0 spiro atoms. The van der Waals surface area contributed by atoms with Crippen molar-refractivity contribution in [3.63, 3.8) is 0 Å². The first-order chi connectivity index (χ1) is 10.6. The van der Waals surface area contributed by atoms with Gasteiger partial charge in [-0.1, -0.05) is 28.8 Å². The van der Waals surface area contributed by atoms with E-state index in [4.69, 9.17) is 16.6 Å². The smallest absolute Gasteiger partial charge is 0.171 e. The fourth-order valence-corrected chi connectivity index (χ4v) is 3.56. The van der Waals surface area contributed by atoms with Gasteiger partial charge in [-0.25, -0.2) is 4.39 Å². The van der Waals surface area contributed by atoms with Gasteiger partial charge in [-0.3, -0.25) is 0 Å².